The number of hydrogen-bond donors (Lipinski definition) is 1. The molecule has 2 nitrogen and oxygen atoms in total. The molecule has 0 unspecified atom stereocenters. The van der Waals surface area contributed by atoms with Gasteiger partial charge in [-0.25, -0.2) is 0 Å². The Labute approximate surface area is 126 Å². The number of ketones is 1. The molecule has 3 atom stereocenters. The summed E-state index contributed by atoms with van der Waals surface area (Å²) in [6.45, 7) is 6.50. The second-order valence-corrected chi connectivity index (χ2v) is 7.46. The van der Waals surface area contributed by atoms with Gasteiger partial charge in [0.15, 0.2) is 5.78 Å². The van der Waals surface area contributed by atoms with Crippen LogP contribution in [0.2, 0.25) is 0 Å². The van der Waals surface area contributed by atoms with E-state index in [1.54, 1.807) is 6.08 Å². The highest BCUT2D eigenvalue weighted by Crippen LogP contribution is 2.69. The lowest BCUT2D eigenvalue weighted by Gasteiger charge is -2.43. The molecule has 0 heterocycles. The number of carbonyl (C=O) groups is 1. The minimum atomic E-state index is -1.20. The van der Waals surface area contributed by atoms with E-state index >= 15 is 0 Å². The number of rotatable bonds is 3. The van der Waals surface area contributed by atoms with Gasteiger partial charge in [-0.15, -0.1) is 0 Å². The molecular formula is C19H24O2. The smallest absolute Gasteiger partial charge is 0.187 e. The minimum absolute atomic E-state index is 0.0258. The van der Waals surface area contributed by atoms with Gasteiger partial charge in [-0.3, -0.25) is 4.79 Å². The Hall–Kier alpha value is -1.41. The molecule has 2 fully saturated rings. The SMILES string of the molecule is CC1(C)[C@@H]2CC[C@@]1(C)[C@@](O)(C(=O)/C=C/c1ccccc1)C2. The van der Waals surface area contributed by atoms with Crippen molar-refractivity contribution in [3.8, 4) is 0 Å². The van der Waals surface area contributed by atoms with Crippen LogP contribution in [0.1, 0.15) is 45.6 Å². The third kappa shape index (κ3) is 1.85. The summed E-state index contributed by atoms with van der Waals surface area (Å²) in [6.07, 6.45) is 6.04. The van der Waals surface area contributed by atoms with E-state index in [1.165, 1.54) is 0 Å². The van der Waals surface area contributed by atoms with Crippen molar-refractivity contribution in [3.63, 3.8) is 0 Å². The van der Waals surface area contributed by atoms with Crippen molar-refractivity contribution < 1.29 is 9.90 Å². The summed E-state index contributed by atoms with van der Waals surface area (Å²) in [5.74, 6) is 0.311. The van der Waals surface area contributed by atoms with Crippen molar-refractivity contribution in [1.29, 1.82) is 0 Å². The molecule has 0 radical (unpaired) electrons. The number of aliphatic hydroxyl groups is 1. The molecule has 2 heteroatoms. The summed E-state index contributed by atoms with van der Waals surface area (Å²) < 4.78 is 0. The van der Waals surface area contributed by atoms with Gasteiger partial charge in [-0.2, -0.15) is 0 Å². The average molecular weight is 284 g/mol. The predicted molar refractivity (Wildman–Crippen MR) is 84.7 cm³/mol. The molecule has 2 bridgehead atoms. The minimum Gasteiger partial charge on any atom is -0.381 e. The molecule has 1 aromatic carbocycles. The van der Waals surface area contributed by atoms with Gasteiger partial charge in [0.05, 0.1) is 0 Å². The monoisotopic (exact) mass is 284 g/mol. The van der Waals surface area contributed by atoms with Gasteiger partial charge in [-0.05, 0) is 42.2 Å². The Morgan fingerprint density at radius 1 is 1.24 bits per heavy atom. The fourth-order valence-corrected chi connectivity index (χ4v) is 4.52. The summed E-state index contributed by atoms with van der Waals surface area (Å²) in [5.41, 5.74) is -0.507. The van der Waals surface area contributed by atoms with Crippen LogP contribution in [0.3, 0.4) is 0 Å². The van der Waals surface area contributed by atoms with Crippen molar-refractivity contribution >= 4 is 11.9 Å². The molecule has 2 saturated carbocycles. The predicted octanol–water partition coefficient (Wildman–Crippen LogP) is 3.85. The largest absolute Gasteiger partial charge is 0.381 e. The maximum absolute atomic E-state index is 12.7. The Morgan fingerprint density at radius 3 is 2.43 bits per heavy atom. The van der Waals surface area contributed by atoms with Crippen LogP contribution in [0, 0.1) is 16.7 Å². The molecule has 1 aromatic rings. The van der Waals surface area contributed by atoms with Crippen molar-refractivity contribution in [3.05, 3.63) is 42.0 Å². The first-order valence-corrected chi connectivity index (χ1v) is 7.81. The van der Waals surface area contributed by atoms with Gasteiger partial charge in [0.1, 0.15) is 5.60 Å². The van der Waals surface area contributed by atoms with Crippen LogP contribution in [-0.2, 0) is 4.79 Å². The van der Waals surface area contributed by atoms with E-state index in [4.69, 9.17) is 0 Å². The van der Waals surface area contributed by atoms with E-state index in [2.05, 4.69) is 20.8 Å². The zero-order valence-corrected chi connectivity index (χ0v) is 13.1. The maximum Gasteiger partial charge on any atom is 0.187 e. The highest BCUT2D eigenvalue weighted by atomic mass is 16.3. The highest BCUT2D eigenvalue weighted by molar-refractivity contribution is 6.01. The fraction of sp³-hybridized carbons (Fsp3) is 0.526. The van der Waals surface area contributed by atoms with Gasteiger partial charge in [0, 0.05) is 5.41 Å². The van der Waals surface area contributed by atoms with E-state index < -0.39 is 5.60 Å². The fourth-order valence-electron chi connectivity index (χ4n) is 4.52. The van der Waals surface area contributed by atoms with E-state index in [1.807, 2.05) is 36.4 Å². The van der Waals surface area contributed by atoms with Gasteiger partial charge in [-0.1, -0.05) is 57.2 Å². The molecule has 21 heavy (non-hydrogen) atoms. The highest BCUT2D eigenvalue weighted by Gasteiger charge is 2.70. The Morgan fingerprint density at radius 2 is 1.90 bits per heavy atom. The lowest BCUT2D eigenvalue weighted by Crippen LogP contribution is -2.52. The first-order valence-electron chi connectivity index (χ1n) is 7.81. The molecule has 0 amide bonds. The van der Waals surface area contributed by atoms with Gasteiger partial charge in [0.25, 0.3) is 0 Å². The standard InChI is InChI=1S/C19H24O2/c1-17(2)15-11-12-18(17,3)19(21,13-15)16(20)10-9-14-7-5-4-6-8-14/h4-10,15,21H,11-13H2,1-3H3/b10-9+/t15-,18-,19+/m1/s1. The second-order valence-electron chi connectivity index (χ2n) is 7.46. The molecule has 0 spiro atoms. The third-order valence-corrected chi connectivity index (χ3v) is 6.52. The Bertz CT molecular complexity index is 587. The number of carbonyl (C=O) groups excluding carboxylic acids is 1. The second kappa shape index (κ2) is 4.54. The number of hydrogen-bond acceptors (Lipinski definition) is 2. The zero-order chi connectivity index (χ0) is 15.3. The third-order valence-electron chi connectivity index (χ3n) is 6.52. The van der Waals surface area contributed by atoms with Crippen LogP contribution in [0.25, 0.3) is 6.08 Å². The van der Waals surface area contributed by atoms with Gasteiger partial charge < -0.3 is 5.11 Å². The first-order chi connectivity index (χ1) is 9.81. The van der Waals surface area contributed by atoms with Gasteiger partial charge >= 0.3 is 0 Å². The number of benzene rings is 1. The molecule has 0 saturated heterocycles. The summed E-state index contributed by atoms with van der Waals surface area (Å²) in [6, 6.07) is 9.76. The topological polar surface area (TPSA) is 37.3 Å². The summed E-state index contributed by atoms with van der Waals surface area (Å²) in [5, 5.41) is 11.1. The molecule has 112 valence electrons. The molecule has 2 aliphatic rings. The molecule has 1 N–H and O–H groups in total. The van der Waals surface area contributed by atoms with E-state index in [0.29, 0.717) is 12.3 Å². The van der Waals surface area contributed by atoms with E-state index in [0.717, 1.165) is 18.4 Å². The molecule has 3 rings (SSSR count). The Balaban J connectivity index is 1.87. The lowest BCUT2D eigenvalue weighted by atomic mass is 9.63. The van der Waals surface area contributed by atoms with Crippen LogP contribution < -0.4 is 0 Å². The molecule has 0 aromatic heterocycles. The van der Waals surface area contributed by atoms with Crippen LogP contribution in [0.15, 0.2) is 36.4 Å². The van der Waals surface area contributed by atoms with Crippen LogP contribution in [0.4, 0.5) is 0 Å². The first kappa shape index (κ1) is 14.5. The van der Waals surface area contributed by atoms with Crippen LogP contribution >= 0.6 is 0 Å². The van der Waals surface area contributed by atoms with Crippen LogP contribution in [-0.4, -0.2) is 16.5 Å². The van der Waals surface area contributed by atoms with Crippen molar-refractivity contribution in [2.24, 2.45) is 16.7 Å². The van der Waals surface area contributed by atoms with Crippen molar-refractivity contribution in [1.82, 2.24) is 0 Å². The van der Waals surface area contributed by atoms with E-state index in [9.17, 15) is 9.90 Å². The number of fused-ring (bicyclic) bond motifs is 2. The van der Waals surface area contributed by atoms with Gasteiger partial charge in [0.2, 0.25) is 0 Å². The molecule has 2 aliphatic carbocycles. The summed E-state index contributed by atoms with van der Waals surface area (Å²) in [7, 11) is 0. The quantitative estimate of drug-likeness (QED) is 0.856. The lowest BCUT2D eigenvalue weighted by molar-refractivity contribution is -0.149. The Kier molecular flexibility index (Phi) is 3.14. The molecular weight excluding hydrogens is 260 g/mol. The summed E-state index contributed by atoms with van der Waals surface area (Å²) in [4.78, 5) is 12.7. The normalized spacial score (nSPS) is 37.2. The average Bonchev–Trinajstić information content (AvgIpc) is 2.78. The van der Waals surface area contributed by atoms with Crippen molar-refractivity contribution in [2.75, 3.05) is 0 Å². The molecule has 0 aliphatic heterocycles. The maximum atomic E-state index is 12.7. The summed E-state index contributed by atoms with van der Waals surface area (Å²) >= 11 is 0. The van der Waals surface area contributed by atoms with Crippen LogP contribution in [0.5, 0.6) is 0 Å². The van der Waals surface area contributed by atoms with Crippen molar-refractivity contribution in [2.45, 2.75) is 45.6 Å². The van der Waals surface area contributed by atoms with E-state index in [-0.39, 0.29) is 16.6 Å². The zero-order valence-electron chi connectivity index (χ0n) is 13.1.